The van der Waals surface area contributed by atoms with Gasteiger partial charge in [0.2, 0.25) is 0 Å². The Morgan fingerprint density at radius 1 is 0.958 bits per heavy atom. The molecule has 0 saturated carbocycles. The second kappa shape index (κ2) is 5.96. The number of para-hydroxylation sites is 1. The van der Waals surface area contributed by atoms with Gasteiger partial charge in [0.05, 0.1) is 11.7 Å². The average Bonchev–Trinajstić information content (AvgIpc) is 3.16. The van der Waals surface area contributed by atoms with Crippen LogP contribution in [0.25, 0.3) is 22.2 Å². The second-order valence-electron chi connectivity index (χ2n) is 5.29. The smallest absolute Gasteiger partial charge is 0.274 e. The fraction of sp³-hybridized carbons (Fsp3) is 0. The zero-order valence-electron chi connectivity index (χ0n) is 12.6. The van der Waals surface area contributed by atoms with E-state index in [9.17, 15) is 4.79 Å². The first-order valence-corrected chi connectivity index (χ1v) is 7.46. The molecule has 2 aromatic carbocycles. The summed E-state index contributed by atoms with van der Waals surface area (Å²) < 4.78 is 5.24. The minimum Gasteiger partial charge on any atom is -0.444 e. The summed E-state index contributed by atoms with van der Waals surface area (Å²) in [5.74, 6) is 0.442. The monoisotopic (exact) mass is 315 g/mol. The van der Waals surface area contributed by atoms with Crippen LogP contribution in [0.1, 0.15) is 10.5 Å². The van der Waals surface area contributed by atoms with Gasteiger partial charge in [0.1, 0.15) is 5.69 Å². The molecular formula is C19H13N3O2. The Morgan fingerprint density at radius 3 is 2.58 bits per heavy atom. The minimum absolute atomic E-state index is 0.242. The van der Waals surface area contributed by atoms with E-state index in [2.05, 4.69) is 15.3 Å². The van der Waals surface area contributed by atoms with Crippen LogP contribution in [0.5, 0.6) is 0 Å². The number of amides is 1. The number of fused-ring (bicyclic) bond motifs is 1. The lowest BCUT2D eigenvalue weighted by Gasteiger charge is -2.06. The van der Waals surface area contributed by atoms with Crippen molar-refractivity contribution in [2.45, 2.75) is 0 Å². The molecule has 0 aliphatic heterocycles. The van der Waals surface area contributed by atoms with Crippen molar-refractivity contribution in [1.29, 1.82) is 0 Å². The number of benzene rings is 2. The standard InChI is InChI=1S/C19H13N3O2/c23-19(17-10-7-13-3-1-2-4-16(13)22-17)21-15-8-5-14(6-9-15)18-11-20-12-24-18/h1-12H,(H,21,23). The van der Waals surface area contributed by atoms with Gasteiger partial charge in [-0.3, -0.25) is 4.79 Å². The SMILES string of the molecule is O=C(Nc1ccc(-c2cnco2)cc1)c1ccc2ccccc2n1. The summed E-state index contributed by atoms with van der Waals surface area (Å²) in [7, 11) is 0. The lowest BCUT2D eigenvalue weighted by molar-refractivity contribution is 0.102. The fourth-order valence-electron chi connectivity index (χ4n) is 2.46. The molecule has 4 rings (SSSR count). The average molecular weight is 315 g/mol. The first-order valence-electron chi connectivity index (χ1n) is 7.46. The number of hydrogen-bond donors (Lipinski definition) is 1. The molecule has 116 valence electrons. The summed E-state index contributed by atoms with van der Waals surface area (Å²) in [5.41, 5.74) is 2.77. The Balaban J connectivity index is 1.54. The third-order valence-corrected chi connectivity index (χ3v) is 3.69. The molecule has 0 saturated heterocycles. The Labute approximate surface area is 138 Å². The molecule has 0 spiro atoms. The number of pyridine rings is 1. The molecule has 0 atom stereocenters. The summed E-state index contributed by atoms with van der Waals surface area (Å²) >= 11 is 0. The van der Waals surface area contributed by atoms with Crippen molar-refractivity contribution in [2.75, 3.05) is 5.32 Å². The first-order chi connectivity index (χ1) is 11.8. The third-order valence-electron chi connectivity index (χ3n) is 3.69. The predicted octanol–water partition coefficient (Wildman–Crippen LogP) is 4.14. The van der Waals surface area contributed by atoms with E-state index < -0.39 is 0 Å². The van der Waals surface area contributed by atoms with Crippen molar-refractivity contribution in [3.63, 3.8) is 0 Å². The molecule has 0 bridgehead atoms. The molecule has 0 aliphatic carbocycles. The summed E-state index contributed by atoms with van der Waals surface area (Å²) in [5, 5.41) is 3.85. The van der Waals surface area contributed by atoms with Gasteiger partial charge in [-0.05, 0) is 36.4 Å². The highest BCUT2D eigenvalue weighted by molar-refractivity contribution is 6.04. The lowest BCUT2D eigenvalue weighted by atomic mass is 10.1. The Morgan fingerprint density at radius 2 is 1.79 bits per heavy atom. The second-order valence-corrected chi connectivity index (χ2v) is 5.29. The highest BCUT2D eigenvalue weighted by Gasteiger charge is 2.09. The lowest BCUT2D eigenvalue weighted by Crippen LogP contribution is -2.13. The van der Waals surface area contributed by atoms with Gasteiger partial charge in [0.15, 0.2) is 12.2 Å². The van der Waals surface area contributed by atoms with Gasteiger partial charge >= 0.3 is 0 Å². The molecule has 1 N–H and O–H groups in total. The van der Waals surface area contributed by atoms with Crippen molar-refractivity contribution >= 4 is 22.5 Å². The van der Waals surface area contributed by atoms with E-state index in [1.807, 2.05) is 54.6 Å². The van der Waals surface area contributed by atoms with Crippen LogP contribution in [-0.4, -0.2) is 15.9 Å². The number of carbonyl (C=O) groups excluding carboxylic acids is 1. The largest absolute Gasteiger partial charge is 0.444 e. The van der Waals surface area contributed by atoms with Gasteiger partial charge in [0.25, 0.3) is 5.91 Å². The van der Waals surface area contributed by atoms with Crippen LogP contribution in [0.2, 0.25) is 0 Å². The number of hydrogen-bond acceptors (Lipinski definition) is 4. The normalized spacial score (nSPS) is 10.7. The van der Waals surface area contributed by atoms with Gasteiger partial charge in [-0.15, -0.1) is 0 Å². The molecule has 0 radical (unpaired) electrons. The molecule has 24 heavy (non-hydrogen) atoms. The Bertz CT molecular complexity index is 993. The summed E-state index contributed by atoms with van der Waals surface area (Å²) in [6.45, 7) is 0. The highest BCUT2D eigenvalue weighted by Crippen LogP contribution is 2.21. The maximum absolute atomic E-state index is 12.4. The Hall–Kier alpha value is -3.47. The van der Waals surface area contributed by atoms with Crippen LogP contribution < -0.4 is 5.32 Å². The molecule has 0 unspecified atom stereocenters. The Kier molecular flexibility index (Phi) is 3.51. The van der Waals surface area contributed by atoms with Gasteiger partial charge in [-0.25, -0.2) is 9.97 Å². The molecule has 2 aromatic heterocycles. The van der Waals surface area contributed by atoms with Crippen LogP contribution in [0.3, 0.4) is 0 Å². The van der Waals surface area contributed by atoms with Crippen molar-refractivity contribution in [3.8, 4) is 11.3 Å². The van der Waals surface area contributed by atoms with Gasteiger partial charge in [0, 0.05) is 16.6 Å². The zero-order chi connectivity index (χ0) is 16.4. The van der Waals surface area contributed by atoms with Crippen molar-refractivity contribution in [3.05, 3.63) is 78.9 Å². The summed E-state index contributed by atoms with van der Waals surface area (Å²) in [6.07, 6.45) is 3.03. The molecule has 0 fully saturated rings. The van der Waals surface area contributed by atoms with E-state index in [1.165, 1.54) is 6.39 Å². The van der Waals surface area contributed by atoms with Crippen molar-refractivity contribution in [2.24, 2.45) is 0 Å². The number of oxazole rings is 1. The van der Waals surface area contributed by atoms with Crippen LogP contribution in [-0.2, 0) is 0 Å². The van der Waals surface area contributed by atoms with E-state index in [0.29, 0.717) is 17.1 Å². The molecule has 5 heteroatoms. The number of carbonyl (C=O) groups is 1. The fourth-order valence-corrected chi connectivity index (χ4v) is 2.46. The van der Waals surface area contributed by atoms with Crippen molar-refractivity contribution < 1.29 is 9.21 Å². The summed E-state index contributed by atoms with van der Waals surface area (Å²) in [6, 6.07) is 18.7. The molecule has 5 nitrogen and oxygen atoms in total. The van der Waals surface area contributed by atoms with E-state index in [1.54, 1.807) is 12.3 Å². The van der Waals surface area contributed by atoms with Gasteiger partial charge in [-0.1, -0.05) is 24.3 Å². The molecule has 0 aliphatic rings. The van der Waals surface area contributed by atoms with Crippen LogP contribution in [0.15, 0.2) is 77.7 Å². The van der Waals surface area contributed by atoms with E-state index >= 15 is 0 Å². The van der Waals surface area contributed by atoms with Gasteiger partial charge < -0.3 is 9.73 Å². The molecule has 2 heterocycles. The number of nitrogens with one attached hydrogen (secondary N) is 1. The predicted molar refractivity (Wildman–Crippen MR) is 91.6 cm³/mol. The maximum atomic E-state index is 12.4. The number of aromatic nitrogens is 2. The van der Waals surface area contributed by atoms with E-state index in [0.717, 1.165) is 16.5 Å². The van der Waals surface area contributed by atoms with Crippen LogP contribution in [0.4, 0.5) is 5.69 Å². The van der Waals surface area contributed by atoms with Gasteiger partial charge in [-0.2, -0.15) is 0 Å². The zero-order valence-corrected chi connectivity index (χ0v) is 12.6. The maximum Gasteiger partial charge on any atom is 0.274 e. The molecule has 1 amide bonds. The quantitative estimate of drug-likeness (QED) is 0.617. The third kappa shape index (κ3) is 2.75. The van der Waals surface area contributed by atoms with E-state index in [-0.39, 0.29) is 5.91 Å². The topological polar surface area (TPSA) is 68.0 Å². The van der Waals surface area contributed by atoms with Crippen LogP contribution >= 0.6 is 0 Å². The van der Waals surface area contributed by atoms with Crippen LogP contribution in [0, 0.1) is 0 Å². The minimum atomic E-state index is -0.242. The first kappa shape index (κ1) is 14.1. The highest BCUT2D eigenvalue weighted by atomic mass is 16.3. The molecular weight excluding hydrogens is 302 g/mol. The van der Waals surface area contributed by atoms with E-state index in [4.69, 9.17) is 4.42 Å². The number of nitrogens with zero attached hydrogens (tertiary/aromatic N) is 2. The summed E-state index contributed by atoms with van der Waals surface area (Å²) in [4.78, 5) is 20.7. The van der Waals surface area contributed by atoms with Crippen molar-refractivity contribution in [1.82, 2.24) is 9.97 Å². The molecule has 4 aromatic rings. The number of rotatable bonds is 3. The number of anilines is 1.